The Kier molecular flexibility index (Phi) is 3.87. The smallest absolute Gasteiger partial charge is 0.357 e. The Hall–Kier alpha value is -2.67. The van der Waals surface area contributed by atoms with Crippen LogP contribution in [0.2, 0.25) is 0 Å². The molecular formula is C16H15N3O3S. The molecule has 0 saturated heterocycles. The van der Waals surface area contributed by atoms with E-state index in [-0.39, 0.29) is 11.6 Å². The molecule has 1 amide bonds. The summed E-state index contributed by atoms with van der Waals surface area (Å²) in [7, 11) is 3.14. The van der Waals surface area contributed by atoms with E-state index in [0.29, 0.717) is 15.7 Å². The number of thiazole rings is 1. The van der Waals surface area contributed by atoms with Gasteiger partial charge in [-0.3, -0.25) is 10.1 Å². The van der Waals surface area contributed by atoms with Crippen molar-refractivity contribution in [1.82, 2.24) is 9.55 Å². The maximum atomic E-state index is 12.5. The average Bonchev–Trinajstić information content (AvgIpc) is 3.07. The number of aromatic nitrogens is 2. The van der Waals surface area contributed by atoms with Crippen LogP contribution in [-0.4, -0.2) is 28.5 Å². The van der Waals surface area contributed by atoms with E-state index in [1.807, 2.05) is 41.9 Å². The number of aryl methyl sites for hydroxylation is 2. The zero-order chi connectivity index (χ0) is 16.6. The summed E-state index contributed by atoms with van der Waals surface area (Å²) < 4.78 is 6.49. The molecule has 2 aromatic heterocycles. The third-order valence-corrected chi connectivity index (χ3v) is 4.47. The third kappa shape index (κ3) is 2.70. The third-order valence-electron chi connectivity index (χ3n) is 3.58. The van der Waals surface area contributed by atoms with Crippen molar-refractivity contribution in [2.24, 2.45) is 7.05 Å². The first-order chi connectivity index (χ1) is 11.0. The molecule has 0 fully saturated rings. The molecule has 0 radical (unpaired) electrons. The molecule has 23 heavy (non-hydrogen) atoms. The monoisotopic (exact) mass is 329 g/mol. The van der Waals surface area contributed by atoms with Gasteiger partial charge in [0.15, 0.2) is 10.8 Å². The average molecular weight is 329 g/mol. The predicted octanol–water partition coefficient (Wildman–Crippen LogP) is 2.98. The number of ether oxygens (including phenoxy) is 1. The Balaban J connectivity index is 1.89. The number of fused-ring (bicyclic) bond motifs is 1. The molecule has 0 saturated carbocycles. The zero-order valence-corrected chi connectivity index (χ0v) is 13.7. The second kappa shape index (κ2) is 5.85. The van der Waals surface area contributed by atoms with Gasteiger partial charge in [-0.15, -0.1) is 11.3 Å². The number of nitrogens with one attached hydrogen (secondary N) is 1. The lowest BCUT2D eigenvalue weighted by Crippen LogP contribution is -2.15. The highest BCUT2D eigenvalue weighted by Gasteiger charge is 2.19. The fourth-order valence-corrected chi connectivity index (χ4v) is 3.20. The quantitative estimate of drug-likeness (QED) is 0.750. The van der Waals surface area contributed by atoms with E-state index in [2.05, 4.69) is 15.0 Å². The SMILES string of the molecule is COC(=O)c1nc(NC(=O)c2cc3ccccc3n2C)sc1C. The maximum Gasteiger partial charge on any atom is 0.357 e. The predicted molar refractivity (Wildman–Crippen MR) is 89.1 cm³/mol. The van der Waals surface area contributed by atoms with E-state index in [1.165, 1.54) is 18.4 Å². The van der Waals surface area contributed by atoms with Gasteiger partial charge in [0.05, 0.1) is 7.11 Å². The fraction of sp³-hybridized carbons (Fsp3) is 0.188. The number of hydrogen-bond donors (Lipinski definition) is 1. The number of para-hydroxylation sites is 1. The summed E-state index contributed by atoms with van der Waals surface area (Å²) in [5.41, 5.74) is 1.73. The zero-order valence-electron chi connectivity index (χ0n) is 12.9. The van der Waals surface area contributed by atoms with Gasteiger partial charge in [0.25, 0.3) is 5.91 Å². The van der Waals surface area contributed by atoms with Crippen LogP contribution < -0.4 is 5.32 Å². The second-order valence-corrected chi connectivity index (χ2v) is 6.22. The lowest BCUT2D eigenvalue weighted by molar-refractivity contribution is 0.0594. The van der Waals surface area contributed by atoms with Gasteiger partial charge in [-0.05, 0) is 19.1 Å². The minimum Gasteiger partial charge on any atom is -0.464 e. The van der Waals surface area contributed by atoms with Crippen molar-refractivity contribution in [3.8, 4) is 0 Å². The molecular weight excluding hydrogens is 314 g/mol. The van der Waals surface area contributed by atoms with E-state index < -0.39 is 5.97 Å². The van der Waals surface area contributed by atoms with Crippen molar-refractivity contribution in [3.05, 3.63) is 46.6 Å². The number of esters is 1. The van der Waals surface area contributed by atoms with Crippen LogP contribution in [0.4, 0.5) is 5.13 Å². The second-order valence-electron chi connectivity index (χ2n) is 5.02. The molecule has 2 heterocycles. The molecule has 0 aliphatic carbocycles. The molecule has 0 bridgehead atoms. The molecule has 7 heteroatoms. The van der Waals surface area contributed by atoms with Crippen molar-refractivity contribution in [3.63, 3.8) is 0 Å². The van der Waals surface area contributed by atoms with Crippen LogP contribution in [0.1, 0.15) is 25.9 Å². The summed E-state index contributed by atoms with van der Waals surface area (Å²) in [4.78, 5) is 28.9. The lowest BCUT2D eigenvalue weighted by Gasteiger charge is -2.03. The number of benzene rings is 1. The van der Waals surface area contributed by atoms with Gasteiger partial charge in [-0.1, -0.05) is 18.2 Å². The minimum atomic E-state index is -0.510. The molecule has 0 atom stereocenters. The van der Waals surface area contributed by atoms with Crippen molar-refractivity contribution in [2.75, 3.05) is 12.4 Å². The van der Waals surface area contributed by atoms with Crippen LogP contribution in [0.3, 0.4) is 0 Å². The Morgan fingerprint density at radius 2 is 2.04 bits per heavy atom. The highest BCUT2D eigenvalue weighted by Crippen LogP contribution is 2.24. The molecule has 6 nitrogen and oxygen atoms in total. The molecule has 3 rings (SSSR count). The van der Waals surface area contributed by atoms with E-state index >= 15 is 0 Å². The van der Waals surface area contributed by atoms with Crippen LogP contribution in [0.5, 0.6) is 0 Å². The van der Waals surface area contributed by atoms with E-state index in [0.717, 1.165) is 10.9 Å². The molecule has 1 N–H and O–H groups in total. The van der Waals surface area contributed by atoms with Crippen LogP contribution in [0.25, 0.3) is 10.9 Å². The van der Waals surface area contributed by atoms with Crippen LogP contribution in [0, 0.1) is 6.92 Å². The number of hydrogen-bond acceptors (Lipinski definition) is 5. The molecule has 0 aliphatic heterocycles. The Morgan fingerprint density at radius 3 is 2.74 bits per heavy atom. The topological polar surface area (TPSA) is 73.2 Å². The van der Waals surface area contributed by atoms with Crippen molar-refractivity contribution in [2.45, 2.75) is 6.92 Å². The van der Waals surface area contributed by atoms with E-state index in [9.17, 15) is 9.59 Å². The minimum absolute atomic E-state index is 0.227. The fourth-order valence-electron chi connectivity index (χ4n) is 2.40. The van der Waals surface area contributed by atoms with Crippen LogP contribution in [-0.2, 0) is 11.8 Å². The molecule has 0 aliphatic rings. The summed E-state index contributed by atoms with van der Waals surface area (Å²) in [6.45, 7) is 1.76. The molecule has 3 aromatic rings. The first-order valence-electron chi connectivity index (χ1n) is 6.93. The first-order valence-corrected chi connectivity index (χ1v) is 7.74. The summed E-state index contributed by atoms with van der Waals surface area (Å²) in [6.07, 6.45) is 0. The van der Waals surface area contributed by atoms with Crippen molar-refractivity contribution >= 4 is 39.2 Å². The Labute approximate surface area is 136 Å². The summed E-state index contributed by atoms with van der Waals surface area (Å²) >= 11 is 1.24. The number of carbonyl (C=O) groups is 2. The molecule has 118 valence electrons. The summed E-state index contributed by atoms with van der Waals surface area (Å²) in [6, 6.07) is 9.59. The van der Waals surface area contributed by atoms with Crippen molar-refractivity contribution in [1.29, 1.82) is 0 Å². The maximum absolute atomic E-state index is 12.5. The summed E-state index contributed by atoms with van der Waals surface area (Å²) in [5.74, 6) is -0.780. The number of anilines is 1. The number of nitrogens with zero attached hydrogens (tertiary/aromatic N) is 2. The van der Waals surface area contributed by atoms with Crippen molar-refractivity contribution < 1.29 is 14.3 Å². The van der Waals surface area contributed by atoms with Gasteiger partial charge in [0, 0.05) is 22.8 Å². The highest BCUT2D eigenvalue weighted by molar-refractivity contribution is 7.16. The first kappa shape index (κ1) is 15.2. The van der Waals surface area contributed by atoms with E-state index in [4.69, 9.17) is 0 Å². The van der Waals surface area contributed by atoms with Gasteiger partial charge < -0.3 is 9.30 Å². The van der Waals surface area contributed by atoms with Gasteiger partial charge in [-0.25, -0.2) is 9.78 Å². The number of carbonyl (C=O) groups excluding carboxylic acids is 2. The van der Waals surface area contributed by atoms with Gasteiger partial charge >= 0.3 is 5.97 Å². The van der Waals surface area contributed by atoms with Crippen LogP contribution >= 0.6 is 11.3 Å². The van der Waals surface area contributed by atoms with E-state index in [1.54, 1.807) is 6.92 Å². The lowest BCUT2D eigenvalue weighted by atomic mass is 10.2. The number of methoxy groups -OCH3 is 1. The molecule has 1 aromatic carbocycles. The van der Waals surface area contributed by atoms with Crippen LogP contribution in [0.15, 0.2) is 30.3 Å². The Morgan fingerprint density at radius 1 is 1.30 bits per heavy atom. The molecule has 0 unspecified atom stereocenters. The standard InChI is InChI=1S/C16H15N3O3S/c1-9-13(15(21)22-3)17-16(23-9)18-14(20)12-8-10-6-4-5-7-11(10)19(12)2/h4-8H,1-3H3,(H,17,18,20). The van der Waals surface area contributed by atoms with Gasteiger partial charge in [0.2, 0.25) is 0 Å². The highest BCUT2D eigenvalue weighted by atomic mass is 32.1. The van der Waals surface area contributed by atoms with Gasteiger partial charge in [0.1, 0.15) is 5.69 Å². The summed E-state index contributed by atoms with van der Waals surface area (Å²) in [5, 5.41) is 4.10. The Bertz CT molecular complexity index is 911. The van der Waals surface area contributed by atoms with Gasteiger partial charge in [-0.2, -0.15) is 0 Å². The number of rotatable bonds is 3. The normalized spacial score (nSPS) is 10.7. The number of amides is 1. The molecule has 0 spiro atoms. The largest absolute Gasteiger partial charge is 0.464 e.